The van der Waals surface area contributed by atoms with Gasteiger partial charge in [-0.1, -0.05) is 19.1 Å². The summed E-state index contributed by atoms with van der Waals surface area (Å²) < 4.78 is 0. The number of hydrogen-bond donors (Lipinski definition) is 2. The van der Waals surface area contributed by atoms with Crippen LogP contribution in [0, 0.1) is 0 Å². The van der Waals surface area contributed by atoms with Crippen molar-refractivity contribution in [3.8, 4) is 0 Å². The molecule has 0 aliphatic carbocycles. The van der Waals surface area contributed by atoms with Gasteiger partial charge in [0.25, 0.3) is 11.8 Å². The maximum atomic E-state index is 13.1. The SMILES string of the molecule is CCCN(C(=O)c1cccc(NC(=O)c2cccs2)c1)C1CCNCC1. The number of carbonyl (C=O) groups excluding carboxylic acids is 2. The fourth-order valence-corrected chi connectivity index (χ4v) is 3.92. The molecule has 2 amide bonds. The first-order chi connectivity index (χ1) is 12.7. The van der Waals surface area contributed by atoms with Gasteiger partial charge in [0.2, 0.25) is 0 Å². The zero-order valence-electron chi connectivity index (χ0n) is 15.0. The molecule has 1 aromatic heterocycles. The van der Waals surface area contributed by atoms with Gasteiger partial charge in [0.05, 0.1) is 4.88 Å². The van der Waals surface area contributed by atoms with E-state index in [9.17, 15) is 9.59 Å². The lowest BCUT2D eigenvalue weighted by atomic mass is 10.0. The van der Waals surface area contributed by atoms with Gasteiger partial charge in [-0.2, -0.15) is 0 Å². The van der Waals surface area contributed by atoms with Crippen molar-refractivity contribution in [2.24, 2.45) is 0 Å². The standard InChI is InChI=1S/C20H25N3O2S/c1-2-12-23(17-8-10-21-11-9-17)20(25)15-5-3-6-16(14-15)22-19(24)18-7-4-13-26-18/h3-7,13-14,17,21H,2,8-12H2,1H3,(H,22,24). The number of hydrogen-bond acceptors (Lipinski definition) is 4. The topological polar surface area (TPSA) is 61.4 Å². The first-order valence-corrected chi connectivity index (χ1v) is 10.0. The van der Waals surface area contributed by atoms with E-state index in [-0.39, 0.29) is 17.9 Å². The first kappa shape index (κ1) is 18.6. The fourth-order valence-electron chi connectivity index (χ4n) is 3.31. The number of rotatable bonds is 6. The molecule has 2 heterocycles. The van der Waals surface area contributed by atoms with Crippen LogP contribution in [0.25, 0.3) is 0 Å². The first-order valence-electron chi connectivity index (χ1n) is 9.15. The van der Waals surface area contributed by atoms with E-state index in [0.29, 0.717) is 16.1 Å². The lowest BCUT2D eigenvalue weighted by Crippen LogP contribution is -2.46. The normalized spacial score (nSPS) is 14.8. The monoisotopic (exact) mass is 371 g/mol. The fraction of sp³-hybridized carbons (Fsp3) is 0.400. The zero-order valence-corrected chi connectivity index (χ0v) is 15.8. The quantitative estimate of drug-likeness (QED) is 0.815. The Labute approximate surface area is 158 Å². The molecule has 0 saturated carbocycles. The number of amides is 2. The maximum absolute atomic E-state index is 13.1. The van der Waals surface area contributed by atoms with Crippen molar-refractivity contribution < 1.29 is 9.59 Å². The van der Waals surface area contributed by atoms with Crippen LogP contribution in [0.3, 0.4) is 0 Å². The number of anilines is 1. The Bertz CT molecular complexity index is 739. The second kappa shape index (κ2) is 8.96. The second-order valence-electron chi connectivity index (χ2n) is 6.49. The largest absolute Gasteiger partial charge is 0.336 e. The van der Waals surface area contributed by atoms with E-state index in [1.165, 1.54) is 11.3 Å². The lowest BCUT2D eigenvalue weighted by molar-refractivity contribution is 0.0642. The number of thiophene rings is 1. The van der Waals surface area contributed by atoms with Crippen LogP contribution in [0.4, 0.5) is 5.69 Å². The molecule has 6 heteroatoms. The summed E-state index contributed by atoms with van der Waals surface area (Å²) >= 11 is 1.40. The van der Waals surface area contributed by atoms with E-state index in [1.807, 2.05) is 34.5 Å². The third kappa shape index (κ3) is 4.51. The van der Waals surface area contributed by atoms with Gasteiger partial charge >= 0.3 is 0 Å². The Morgan fingerprint density at radius 2 is 2.04 bits per heavy atom. The average Bonchev–Trinajstić information content (AvgIpc) is 3.21. The molecule has 0 spiro atoms. The van der Waals surface area contributed by atoms with E-state index >= 15 is 0 Å². The predicted molar refractivity (Wildman–Crippen MR) is 106 cm³/mol. The number of piperidine rings is 1. The molecule has 1 aliphatic heterocycles. The summed E-state index contributed by atoms with van der Waals surface area (Å²) in [5, 5.41) is 8.10. The number of nitrogens with one attached hydrogen (secondary N) is 2. The Balaban J connectivity index is 1.74. The minimum Gasteiger partial charge on any atom is -0.336 e. The van der Waals surface area contributed by atoms with Crippen LogP contribution in [-0.2, 0) is 0 Å². The van der Waals surface area contributed by atoms with Crippen LogP contribution in [0.15, 0.2) is 41.8 Å². The summed E-state index contributed by atoms with van der Waals surface area (Å²) in [6.45, 7) is 4.76. The molecule has 1 aromatic carbocycles. The highest BCUT2D eigenvalue weighted by Gasteiger charge is 2.25. The van der Waals surface area contributed by atoms with Crippen molar-refractivity contribution in [3.05, 3.63) is 52.2 Å². The van der Waals surface area contributed by atoms with Gasteiger partial charge in [-0.3, -0.25) is 9.59 Å². The molecule has 0 atom stereocenters. The summed E-state index contributed by atoms with van der Waals surface area (Å²) in [7, 11) is 0. The molecule has 5 nitrogen and oxygen atoms in total. The molecule has 3 rings (SSSR count). The van der Waals surface area contributed by atoms with Crippen LogP contribution < -0.4 is 10.6 Å². The molecule has 26 heavy (non-hydrogen) atoms. The molecule has 1 aliphatic rings. The number of nitrogens with zero attached hydrogens (tertiary/aromatic N) is 1. The summed E-state index contributed by atoms with van der Waals surface area (Å²) in [6, 6.07) is 11.2. The van der Waals surface area contributed by atoms with Crippen LogP contribution in [-0.4, -0.2) is 42.4 Å². The molecule has 1 saturated heterocycles. The Morgan fingerprint density at radius 3 is 2.73 bits per heavy atom. The number of benzene rings is 1. The minimum atomic E-state index is -0.145. The number of carbonyl (C=O) groups is 2. The predicted octanol–water partition coefficient (Wildman–Crippen LogP) is 3.60. The van der Waals surface area contributed by atoms with Gasteiger partial charge in [-0.25, -0.2) is 0 Å². The summed E-state index contributed by atoms with van der Waals surface area (Å²) in [6.07, 6.45) is 2.91. The molecule has 1 fully saturated rings. The Morgan fingerprint density at radius 1 is 1.23 bits per heavy atom. The van der Waals surface area contributed by atoms with Crippen LogP contribution >= 0.6 is 11.3 Å². The van der Waals surface area contributed by atoms with Crippen molar-refractivity contribution in [1.82, 2.24) is 10.2 Å². The van der Waals surface area contributed by atoms with Crippen LogP contribution in [0.1, 0.15) is 46.2 Å². The van der Waals surface area contributed by atoms with Crippen molar-refractivity contribution in [2.75, 3.05) is 25.0 Å². The highest BCUT2D eigenvalue weighted by Crippen LogP contribution is 2.19. The van der Waals surface area contributed by atoms with Gasteiger partial charge in [0, 0.05) is 23.8 Å². The third-order valence-corrected chi connectivity index (χ3v) is 5.46. The second-order valence-corrected chi connectivity index (χ2v) is 7.44. The Hall–Kier alpha value is -2.18. The van der Waals surface area contributed by atoms with Crippen molar-refractivity contribution in [1.29, 1.82) is 0 Å². The Kier molecular flexibility index (Phi) is 6.41. The molecule has 0 bridgehead atoms. The average molecular weight is 372 g/mol. The van der Waals surface area contributed by atoms with E-state index in [2.05, 4.69) is 17.6 Å². The van der Waals surface area contributed by atoms with Gasteiger partial charge in [-0.15, -0.1) is 11.3 Å². The highest BCUT2D eigenvalue weighted by molar-refractivity contribution is 7.12. The van der Waals surface area contributed by atoms with Gasteiger partial charge in [0.1, 0.15) is 0 Å². The summed E-state index contributed by atoms with van der Waals surface area (Å²) in [5.41, 5.74) is 1.27. The molecule has 0 radical (unpaired) electrons. The van der Waals surface area contributed by atoms with Crippen molar-refractivity contribution in [3.63, 3.8) is 0 Å². The summed E-state index contributed by atoms with van der Waals surface area (Å²) in [5.74, 6) is -0.0978. The van der Waals surface area contributed by atoms with E-state index in [1.54, 1.807) is 12.1 Å². The van der Waals surface area contributed by atoms with Gasteiger partial charge in [0.15, 0.2) is 0 Å². The van der Waals surface area contributed by atoms with Gasteiger partial charge < -0.3 is 15.5 Å². The van der Waals surface area contributed by atoms with Gasteiger partial charge in [-0.05, 0) is 62.0 Å². The zero-order chi connectivity index (χ0) is 18.4. The molecule has 2 aromatic rings. The molecule has 0 unspecified atom stereocenters. The van der Waals surface area contributed by atoms with E-state index in [0.717, 1.165) is 38.9 Å². The van der Waals surface area contributed by atoms with Crippen LogP contribution in [0.2, 0.25) is 0 Å². The van der Waals surface area contributed by atoms with Crippen molar-refractivity contribution in [2.45, 2.75) is 32.2 Å². The van der Waals surface area contributed by atoms with E-state index < -0.39 is 0 Å². The third-order valence-electron chi connectivity index (χ3n) is 4.59. The molecule has 2 N–H and O–H groups in total. The van der Waals surface area contributed by atoms with Crippen molar-refractivity contribution >= 4 is 28.8 Å². The highest BCUT2D eigenvalue weighted by atomic mass is 32.1. The molecular formula is C20H25N3O2S. The summed E-state index contributed by atoms with van der Waals surface area (Å²) in [4.78, 5) is 28.0. The molecular weight excluding hydrogens is 346 g/mol. The lowest BCUT2D eigenvalue weighted by Gasteiger charge is -2.34. The van der Waals surface area contributed by atoms with Crippen LogP contribution in [0.5, 0.6) is 0 Å². The minimum absolute atomic E-state index is 0.0472. The molecule has 138 valence electrons. The maximum Gasteiger partial charge on any atom is 0.265 e. The van der Waals surface area contributed by atoms with E-state index in [4.69, 9.17) is 0 Å². The smallest absolute Gasteiger partial charge is 0.265 e.